The SMILES string of the molecule is BC(OC)C(B)(NC(C)=O)C(B)c1ccc(OC)c(OC(C)=O)c1. The van der Waals surface area contributed by atoms with Crippen LogP contribution in [-0.2, 0) is 14.3 Å². The summed E-state index contributed by atoms with van der Waals surface area (Å²) in [5.41, 5.74) is 0.259. The number of hydrogen-bond donors (Lipinski definition) is 1. The highest BCUT2D eigenvalue weighted by Gasteiger charge is 2.38. The number of ether oxygens (including phenoxy) is 3. The molecule has 1 aromatic carbocycles. The molecule has 24 heavy (non-hydrogen) atoms. The molecule has 0 saturated heterocycles. The Balaban J connectivity index is 3.30. The van der Waals surface area contributed by atoms with E-state index in [1.54, 1.807) is 19.2 Å². The molecule has 1 aromatic rings. The van der Waals surface area contributed by atoms with Gasteiger partial charge < -0.3 is 19.5 Å². The molecule has 1 amide bonds. The lowest BCUT2D eigenvalue weighted by molar-refractivity contribution is -0.132. The summed E-state index contributed by atoms with van der Waals surface area (Å²) in [5.74, 6) is 0.165. The van der Waals surface area contributed by atoms with Crippen LogP contribution in [-0.4, -0.2) is 61.1 Å². The first kappa shape index (κ1) is 20.2. The summed E-state index contributed by atoms with van der Waals surface area (Å²) >= 11 is 0. The fraction of sp³-hybridized carbons (Fsp3) is 0.467. The van der Waals surface area contributed by atoms with Crippen molar-refractivity contribution in [1.29, 1.82) is 0 Å². The molecule has 1 rings (SSSR count). The maximum atomic E-state index is 11.7. The summed E-state index contributed by atoms with van der Waals surface area (Å²) < 4.78 is 15.9. The molecule has 6 nitrogen and oxygen atoms in total. The molecule has 0 aliphatic heterocycles. The standard InChI is InChI=1S/C15H24B3NO5/c1-8(20)19-15(18,14(17)23-4)13(16)10-5-6-11(22-3)12(7-10)24-9(2)21/h5-7,13-14H,16-18H2,1-4H3,(H,19,20). The van der Waals surface area contributed by atoms with Crippen molar-refractivity contribution >= 4 is 35.4 Å². The van der Waals surface area contributed by atoms with E-state index in [2.05, 4.69) is 5.32 Å². The van der Waals surface area contributed by atoms with Crippen molar-refractivity contribution < 1.29 is 23.8 Å². The summed E-state index contributed by atoms with van der Waals surface area (Å²) in [4.78, 5) is 23.0. The molecule has 0 fully saturated rings. The first-order valence-corrected chi connectivity index (χ1v) is 7.83. The molecule has 0 spiro atoms. The van der Waals surface area contributed by atoms with Gasteiger partial charge in [-0.25, -0.2) is 0 Å². The van der Waals surface area contributed by atoms with Gasteiger partial charge in [0.05, 0.1) is 7.11 Å². The van der Waals surface area contributed by atoms with Crippen molar-refractivity contribution in [3.05, 3.63) is 23.8 Å². The van der Waals surface area contributed by atoms with Gasteiger partial charge in [-0.1, -0.05) is 6.07 Å². The van der Waals surface area contributed by atoms with E-state index in [4.69, 9.17) is 14.2 Å². The van der Waals surface area contributed by atoms with Crippen molar-refractivity contribution in [2.45, 2.75) is 31.1 Å². The van der Waals surface area contributed by atoms with E-state index >= 15 is 0 Å². The van der Waals surface area contributed by atoms with Gasteiger partial charge in [0.15, 0.2) is 11.5 Å². The summed E-state index contributed by atoms with van der Waals surface area (Å²) in [6.45, 7) is 2.82. The van der Waals surface area contributed by atoms with Crippen LogP contribution in [0.15, 0.2) is 18.2 Å². The van der Waals surface area contributed by atoms with Crippen LogP contribution < -0.4 is 14.8 Å². The van der Waals surface area contributed by atoms with Gasteiger partial charge in [0.1, 0.15) is 23.5 Å². The van der Waals surface area contributed by atoms with Crippen LogP contribution in [0.5, 0.6) is 11.5 Å². The van der Waals surface area contributed by atoms with Crippen molar-refractivity contribution in [1.82, 2.24) is 5.32 Å². The summed E-state index contributed by atoms with van der Waals surface area (Å²) in [6, 6.07) is 5.16. The second-order valence-electron chi connectivity index (χ2n) is 6.07. The van der Waals surface area contributed by atoms with E-state index in [0.717, 1.165) is 5.56 Å². The van der Waals surface area contributed by atoms with Gasteiger partial charge in [-0.05, 0) is 23.5 Å². The molecule has 0 saturated carbocycles. The van der Waals surface area contributed by atoms with Crippen LogP contribution in [0.3, 0.4) is 0 Å². The van der Waals surface area contributed by atoms with Crippen molar-refractivity contribution in [3.63, 3.8) is 0 Å². The topological polar surface area (TPSA) is 73.9 Å². The first-order valence-electron chi connectivity index (χ1n) is 7.83. The number of nitrogens with one attached hydrogen (secondary N) is 1. The predicted molar refractivity (Wildman–Crippen MR) is 100 cm³/mol. The highest BCUT2D eigenvalue weighted by Crippen LogP contribution is 2.34. The number of esters is 1. The normalized spacial score (nSPS) is 15.7. The van der Waals surface area contributed by atoms with Crippen molar-refractivity contribution in [2.24, 2.45) is 0 Å². The monoisotopic (exact) mass is 331 g/mol. The highest BCUT2D eigenvalue weighted by molar-refractivity contribution is 6.30. The van der Waals surface area contributed by atoms with Crippen LogP contribution in [0.25, 0.3) is 0 Å². The van der Waals surface area contributed by atoms with E-state index < -0.39 is 11.4 Å². The van der Waals surface area contributed by atoms with Gasteiger partial charge in [-0.3, -0.25) is 9.59 Å². The lowest BCUT2D eigenvalue weighted by atomic mass is 9.51. The zero-order valence-corrected chi connectivity index (χ0v) is 15.4. The molecule has 0 heterocycles. The number of amides is 1. The number of carbonyl (C=O) groups is 2. The van der Waals surface area contributed by atoms with Gasteiger partial charge in [-0.15, -0.1) is 0 Å². The Morgan fingerprint density at radius 3 is 2.25 bits per heavy atom. The Hall–Kier alpha value is -1.89. The molecule has 0 aliphatic carbocycles. The minimum atomic E-state index is -0.636. The Morgan fingerprint density at radius 2 is 1.79 bits per heavy atom. The molecular weight excluding hydrogens is 307 g/mol. The van der Waals surface area contributed by atoms with Gasteiger partial charge in [0.25, 0.3) is 0 Å². The van der Waals surface area contributed by atoms with E-state index in [1.165, 1.54) is 21.0 Å². The van der Waals surface area contributed by atoms with Crippen LogP contribution in [0.4, 0.5) is 0 Å². The smallest absolute Gasteiger partial charge is 0.308 e. The number of carbonyl (C=O) groups excluding carboxylic acids is 2. The molecule has 128 valence electrons. The van der Waals surface area contributed by atoms with E-state index in [9.17, 15) is 9.59 Å². The second kappa shape index (κ2) is 8.28. The average molecular weight is 331 g/mol. The third-order valence-electron chi connectivity index (χ3n) is 4.48. The third kappa shape index (κ3) is 4.57. The molecule has 1 N–H and O–H groups in total. The lowest BCUT2D eigenvalue weighted by Crippen LogP contribution is -2.61. The van der Waals surface area contributed by atoms with E-state index in [1.807, 2.05) is 29.6 Å². The quantitative estimate of drug-likeness (QED) is 0.369. The fourth-order valence-corrected chi connectivity index (χ4v) is 2.73. The zero-order chi connectivity index (χ0) is 18.5. The Bertz CT molecular complexity index is 613. The van der Waals surface area contributed by atoms with Crippen LogP contribution in [0.1, 0.15) is 25.2 Å². The first-order chi connectivity index (χ1) is 11.2. The average Bonchev–Trinajstić information content (AvgIpc) is 2.51. The van der Waals surface area contributed by atoms with E-state index in [0.29, 0.717) is 11.5 Å². The van der Waals surface area contributed by atoms with Gasteiger partial charge >= 0.3 is 5.97 Å². The minimum Gasteiger partial charge on any atom is -0.493 e. The summed E-state index contributed by atoms with van der Waals surface area (Å²) in [7, 11) is 8.95. The Kier molecular flexibility index (Phi) is 6.96. The third-order valence-corrected chi connectivity index (χ3v) is 4.48. The molecule has 3 atom stereocenters. The highest BCUT2D eigenvalue weighted by atomic mass is 16.6. The summed E-state index contributed by atoms with van der Waals surface area (Å²) in [6.07, 6.45) is 0. The maximum absolute atomic E-state index is 11.7. The van der Waals surface area contributed by atoms with Gasteiger partial charge in [0.2, 0.25) is 5.91 Å². The Labute approximate surface area is 145 Å². The molecule has 0 aromatic heterocycles. The fourth-order valence-electron chi connectivity index (χ4n) is 2.73. The Morgan fingerprint density at radius 1 is 1.17 bits per heavy atom. The van der Waals surface area contributed by atoms with Crippen molar-refractivity contribution in [3.8, 4) is 11.5 Å². The lowest BCUT2D eigenvalue weighted by Gasteiger charge is -2.42. The van der Waals surface area contributed by atoms with Crippen LogP contribution in [0.2, 0.25) is 0 Å². The van der Waals surface area contributed by atoms with Gasteiger partial charge in [-0.2, -0.15) is 0 Å². The molecule has 0 aliphatic rings. The number of rotatable bonds is 7. The van der Waals surface area contributed by atoms with E-state index in [-0.39, 0.29) is 17.7 Å². The van der Waals surface area contributed by atoms with Gasteiger partial charge in [0, 0.05) is 32.4 Å². The predicted octanol–water partition coefficient (Wildman–Crippen LogP) is -1.63. The molecule has 0 bridgehead atoms. The number of hydrogen-bond acceptors (Lipinski definition) is 5. The molecule has 0 radical (unpaired) electrons. The molecular formula is C15H24B3NO5. The minimum absolute atomic E-state index is 0.100. The maximum Gasteiger partial charge on any atom is 0.308 e. The largest absolute Gasteiger partial charge is 0.493 e. The summed E-state index contributed by atoms with van der Waals surface area (Å²) in [5, 5.41) is 2.99. The van der Waals surface area contributed by atoms with Crippen molar-refractivity contribution in [2.75, 3.05) is 14.2 Å². The molecule has 9 heteroatoms. The zero-order valence-electron chi connectivity index (χ0n) is 15.4. The van der Waals surface area contributed by atoms with Crippen LogP contribution in [0, 0.1) is 0 Å². The second-order valence-corrected chi connectivity index (χ2v) is 6.07. The number of methoxy groups -OCH3 is 2. The molecule has 3 unspecified atom stereocenters. The van der Waals surface area contributed by atoms with Crippen LogP contribution >= 0.6 is 0 Å². The number of benzene rings is 1.